The number of alkyl halides is 1. The van der Waals surface area contributed by atoms with Crippen LogP contribution in [0.1, 0.15) is 29.3 Å². The highest BCUT2D eigenvalue weighted by atomic mass is 79.9. The van der Waals surface area contributed by atoms with Crippen molar-refractivity contribution in [2.45, 2.75) is 13.3 Å². The van der Waals surface area contributed by atoms with E-state index in [4.69, 9.17) is 4.74 Å². The summed E-state index contributed by atoms with van der Waals surface area (Å²) in [5.74, 6) is 5.37. The standard InChI is InChI=1S/C16H14BrNO3/c1-2-21-16(20)13-10-18-14-7-6-11(5-3-4-8-17)9-12(14)15(13)19/h6-7,9-10H,2,4,8H2,1H3,(H,18,19). The Hall–Kier alpha value is -2.06. The number of carbonyl (C=O) groups excluding carboxylic acids is 1. The fraction of sp³-hybridized carbons (Fsp3) is 0.250. The van der Waals surface area contributed by atoms with Crippen LogP contribution in [-0.2, 0) is 4.74 Å². The van der Waals surface area contributed by atoms with Crippen molar-refractivity contribution in [2.75, 3.05) is 11.9 Å². The van der Waals surface area contributed by atoms with Crippen molar-refractivity contribution in [3.63, 3.8) is 0 Å². The first-order chi connectivity index (χ1) is 10.2. The van der Waals surface area contributed by atoms with Gasteiger partial charge >= 0.3 is 5.97 Å². The van der Waals surface area contributed by atoms with Gasteiger partial charge in [-0.1, -0.05) is 27.8 Å². The Bertz CT molecular complexity index is 783. The minimum Gasteiger partial charge on any atom is -0.462 e. The topological polar surface area (TPSA) is 59.2 Å². The van der Waals surface area contributed by atoms with Crippen molar-refractivity contribution in [1.29, 1.82) is 0 Å². The van der Waals surface area contributed by atoms with E-state index >= 15 is 0 Å². The molecule has 21 heavy (non-hydrogen) atoms. The third-order valence-electron chi connectivity index (χ3n) is 2.83. The minimum atomic E-state index is -0.614. The second-order valence-corrected chi connectivity index (χ2v) is 5.05. The number of aromatic nitrogens is 1. The number of hydrogen-bond donors (Lipinski definition) is 1. The first-order valence-electron chi connectivity index (χ1n) is 6.54. The Morgan fingerprint density at radius 3 is 2.95 bits per heavy atom. The molecule has 0 saturated carbocycles. The minimum absolute atomic E-state index is 0.00918. The van der Waals surface area contributed by atoms with Crippen LogP contribution in [0.15, 0.2) is 29.2 Å². The molecule has 0 aliphatic heterocycles. The van der Waals surface area contributed by atoms with Crippen LogP contribution in [0.2, 0.25) is 0 Å². The van der Waals surface area contributed by atoms with E-state index in [1.54, 1.807) is 19.1 Å². The summed E-state index contributed by atoms with van der Waals surface area (Å²) in [5, 5.41) is 1.24. The number of nitrogens with one attached hydrogen (secondary N) is 1. The van der Waals surface area contributed by atoms with Gasteiger partial charge in [-0.15, -0.1) is 0 Å². The van der Waals surface area contributed by atoms with Crippen LogP contribution in [0.3, 0.4) is 0 Å². The summed E-state index contributed by atoms with van der Waals surface area (Å²) in [4.78, 5) is 27.0. The Morgan fingerprint density at radius 2 is 2.24 bits per heavy atom. The zero-order valence-electron chi connectivity index (χ0n) is 11.5. The third-order valence-corrected chi connectivity index (χ3v) is 3.22. The van der Waals surface area contributed by atoms with E-state index in [0.717, 1.165) is 17.3 Å². The van der Waals surface area contributed by atoms with Gasteiger partial charge in [0, 0.05) is 34.4 Å². The van der Waals surface area contributed by atoms with Gasteiger partial charge in [0.15, 0.2) is 0 Å². The largest absolute Gasteiger partial charge is 0.462 e. The number of esters is 1. The van der Waals surface area contributed by atoms with Gasteiger partial charge in [0.1, 0.15) is 5.56 Å². The Morgan fingerprint density at radius 1 is 1.43 bits per heavy atom. The number of rotatable bonds is 3. The summed E-state index contributed by atoms with van der Waals surface area (Å²) in [7, 11) is 0. The van der Waals surface area contributed by atoms with Crippen molar-refractivity contribution in [3.05, 3.63) is 45.7 Å². The zero-order chi connectivity index (χ0) is 15.2. The van der Waals surface area contributed by atoms with Crippen molar-refractivity contribution < 1.29 is 9.53 Å². The smallest absolute Gasteiger partial charge is 0.343 e. The van der Waals surface area contributed by atoms with E-state index in [1.807, 2.05) is 6.07 Å². The summed E-state index contributed by atoms with van der Waals surface area (Å²) in [6, 6.07) is 5.31. The first kappa shape index (κ1) is 15.3. The maximum absolute atomic E-state index is 12.4. The fourth-order valence-electron chi connectivity index (χ4n) is 1.87. The zero-order valence-corrected chi connectivity index (χ0v) is 13.1. The van der Waals surface area contributed by atoms with E-state index < -0.39 is 5.97 Å². The molecular formula is C16H14BrNO3. The molecule has 0 spiro atoms. The summed E-state index contributed by atoms with van der Waals surface area (Å²) in [5.41, 5.74) is 1.08. The molecule has 108 valence electrons. The van der Waals surface area contributed by atoms with Crippen LogP contribution < -0.4 is 5.43 Å². The fourth-order valence-corrected chi connectivity index (χ4v) is 2.07. The van der Waals surface area contributed by atoms with Crippen LogP contribution in [0, 0.1) is 11.8 Å². The number of ether oxygens (including phenoxy) is 1. The molecule has 0 aliphatic rings. The predicted molar refractivity (Wildman–Crippen MR) is 85.8 cm³/mol. The number of carbonyl (C=O) groups is 1. The number of hydrogen-bond acceptors (Lipinski definition) is 3. The molecule has 0 unspecified atom stereocenters. The lowest BCUT2D eigenvalue weighted by atomic mass is 10.1. The van der Waals surface area contributed by atoms with E-state index in [0.29, 0.717) is 10.9 Å². The van der Waals surface area contributed by atoms with E-state index in [1.165, 1.54) is 6.20 Å². The first-order valence-corrected chi connectivity index (χ1v) is 7.67. The summed E-state index contributed by atoms with van der Waals surface area (Å²) in [6.07, 6.45) is 2.12. The Kier molecular flexibility index (Phi) is 5.18. The highest BCUT2D eigenvalue weighted by Crippen LogP contribution is 2.11. The highest BCUT2D eigenvalue weighted by molar-refractivity contribution is 9.09. The lowest BCUT2D eigenvalue weighted by Crippen LogP contribution is -2.18. The molecular weight excluding hydrogens is 334 g/mol. The number of benzene rings is 1. The van der Waals surface area contributed by atoms with Gasteiger partial charge in [0.25, 0.3) is 0 Å². The molecule has 0 fully saturated rings. The molecule has 1 aromatic carbocycles. The van der Waals surface area contributed by atoms with Gasteiger partial charge in [-0.2, -0.15) is 0 Å². The molecule has 1 aromatic heterocycles. The summed E-state index contributed by atoms with van der Waals surface area (Å²) < 4.78 is 4.88. The number of halogens is 1. The average Bonchev–Trinajstić information content (AvgIpc) is 2.48. The Labute approximate surface area is 130 Å². The van der Waals surface area contributed by atoms with Crippen molar-refractivity contribution in [2.24, 2.45) is 0 Å². The van der Waals surface area contributed by atoms with Gasteiger partial charge in [-0.3, -0.25) is 4.79 Å². The number of pyridine rings is 1. The lowest BCUT2D eigenvalue weighted by molar-refractivity contribution is 0.0524. The van der Waals surface area contributed by atoms with Gasteiger partial charge in [0.2, 0.25) is 5.43 Å². The van der Waals surface area contributed by atoms with Crippen LogP contribution in [0.4, 0.5) is 0 Å². The summed E-state index contributed by atoms with van der Waals surface area (Å²) in [6.45, 7) is 1.93. The summed E-state index contributed by atoms with van der Waals surface area (Å²) >= 11 is 3.31. The monoisotopic (exact) mass is 347 g/mol. The van der Waals surface area contributed by atoms with E-state index in [9.17, 15) is 9.59 Å². The molecule has 5 heteroatoms. The van der Waals surface area contributed by atoms with Crippen molar-refractivity contribution >= 4 is 32.8 Å². The quantitative estimate of drug-likeness (QED) is 0.527. The third kappa shape index (κ3) is 3.53. The van der Waals surface area contributed by atoms with Gasteiger partial charge in [0.05, 0.1) is 6.61 Å². The molecule has 0 saturated heterocycles. The highest BCUT2D eigenvalue weighted by Gasteiger charge is 2.13. The predicted octanol–water partition coefficient (Wildman–Crippen LogP) is 2.84. The maximum Gasteiger partial charge on any atom is 0.343 e. The second-order valence-electron chi connectivity index (χ2n) is 4.25. The normalized spacial score (nSPS) is 10.0. The van der Waals surface area contributed by atoms with E-state index in [2.05, 4.69) is 32.8 Å². The molecule has 2 aromatic rings. The van der Waals surface area contributed by atoms with Crippen LogP contribution in [-0.4, -0.2) is 22.9 Å². The van der Waals surface area contributed by atoms with Crippen LogP contribution >= 0.6 is 15.9 Å². The SMILES string of the molecule is CCOC(=O)c1c[nH]c2ccc(C#CCCBr)cc2c1=O. The molecule has 2 rings (SSSR count). The number of fused-ring (bicyclic) bond motifs is 1. The number of aromatic amines is 1. The maximum atomic E-state index is 12.4. The molecule has 0 amide bonds. The molecule has 0 atom stereocenters. The molecule has 0 aliphatic carbocycles. The lowest BCUT2D eigenvalue weighted by Gasteiger charge is -2.03. The van der Waals surface area contributed by atoms with E-state index in [-0.39, 0.29) is 17.6 Å². The van der Waals surface area contributed by atoms with Crippen LogP contribution in [0.25, 0.3) is 10.9 Å². The molecule has 0 radical (unpaired) electrons. The second kappa shape index (κ2) is 7.09. The van der Waals surface area contributed by atoms with Crippen molar-refractivity contribution in [1.82, 2.24) is 4.98 Å². The van der Waals surface area contributed by atoms with Gasteiger partial charge in [-0.05, 0) is 25.1 Å². The Balaban J connectivity index is 2.50. The molecule has 1 heterocycles. The van der Waals surface area contributed by atoms with Crippen molar-refractivity contribution in [3.8, 4) is 11.8 Å². The van der Waals surface area contributed by atoms with Gasteiger partial charge in [-0.25, -0.2) is 4.79 Å². The molecule has 4 nitrogen and oxygen atoms in total. The van der Waals surface area contributed by atoms with Gasteiger partial charge < -0.3 is 9.72 Å². The average molecular weight is 348 g/mol. The molecule has 0 bridgehead atoms. The van der Waals surface area contributed by atoms with Crippen LogP contribution in [0.5, 0.6) is 0 Å². The number of H-pyrrole nitrogens is 1. The molecule has 1 N–H and O–H groups in total.